The van der Waals surface area contributed by atoms with E-state index in [2.05, 4.69) is 0 Å². The molecule has 0 aliphatic carbocycles. The molecule has 1 aliphatic heterocycles. The van der Waals surface area contributed by atoms with Crippen LogP contribution in [0.5, 0.6) is 0 Å². The number of hydrogen-bond donors (Lipinski definition) is 3. The highest BCUT2D eigenvalue weighted by atomic mass is 31.2. The highest BCUT2D eigenvalue weighted by Crippen LogP contribution is 2.50. The quantitative estimate of drug-likeness (QED) is 0.0228. The number of methoxy groups -OCH3 is 2. The molecule has 1 aliphatic rings. The molecule has 9 atom stereocenters. The standard InChI is InChI=1S/C53H82N7O13P/c1-14-36(8)50(44(71-12)33-48(66)58-26-20-24-41(58)51(72-13)37(9)42(61)31-39(53(68)69)30-38-22-18-17-19-23-38)57(11)52(67)40(34(4)5)32-43(62)49(35(6)7)56(10)47(65)25-28-73-27-21-29-74(70,59(54)45(63)15-2)60(55)46(64)16-3/h2-3,17-19,22-23,34-37,39-41,44,49-51H,14,20-21,24-33,54-55H2,1,4-13H3,(H,68,69)/t36-,37-,39+,40-,41-,44+,49-,50-,51+/m0/s1. The minimum Gasteiger partial charge on any atom is -0.481 e. The van der Waals surface area contributed by atoms with Crippen LogP contribution in [0.3, 0.4) is 0 Å². The van der Waals surface area contributed by atoms with Crippen LogP contribution in [0.15, 0.2) is 30.3 Å². The Labute approximate surface area is 438 Å². The number of hydrogen-bond acceptors (Lipinski definition) is 14. The molecule has 0 spiro atoms. The van der Waals surface area contributed by atoms with Crippen LogP contribution in [-0.4, -0.2) is 161 Å². The Kier molecular flexibility index (Phi) is 26.9. The summed E-state index contributed by atoms with van der Waals surface area (Å²) in [6.45, 7) is 13.2. The number of rotatable bonds is 32. The van der Waals surface area contributed by atoms with Gasteiger partial charge in [0.1, 0.15) is 5.78 Å². The molecule has 74 heavy (non-hydrogen) atoms. The highest BCUT2D eigenvalue weighted by Gasteiger charge is 2.44. The van der Waals surface area contributed by atoms with Crippen LogP contribution in [0.25, 0.3) is 0 Å². The molecule has 1 heterocycles. The van der Waals surface area contributed by atoms with E-state index < -0.39 is 85.4 Å². The normalized spacial score (nSPS) is 16.9. The van der Waals surface area contributed by atoms with Gasteiger partial charge in [-0.15, -0.1) is 12.8 Å². The molecular formula is C53H82N7O13P. The third-order valence-corrected chi connectivity index (χ3v) is 16.9. The summed E-state index contributed by atoms with van der Waals surface area (Å²) in [5.41, 5.74) is 0.811. The van der Waals surface area contributed by atoms with Gasteiger partial charge in [0.05, 0.1) is 55.7 Å². The van der Waals surface area contributed by atoms with E-state index in [1.165, 1.54) is 26.2 Å². The molecule has 0 unspecified atom stereocenters. The lowest BCUT2D eigenvalue weighted by Crippen LogP contribution is -2.54. The summed E-state index contributed by atoms with van der Waals surface area (Å²) in [4.78, 5) is 112. The van der Waals surface area contributed by atoms with Crippen LogP contribution < -0.4 is 11.7 Å². The number of carbonyl (C=O) groups excluding carboxylic acids is 7. The van der Waals surface area contributed by atoms with Gasteiger partial charge >= 0.3 is 17.8 Å². The molecule has 0 aromatic heterocycles. The van der Waals surface area contributed by atoms with Crippen LogP contribution in [0.4, 0.5) is 0 Å². The number of carboxylic acids is 1. The smallest absolute Gasteiger partial charge is 0.319 e. The number of Topliss-reactive ketones (excluding diaryl/α,β-unsaturated/α-hetero) is 2. The fourth-order valence-corrected chi connectivity index (χ4v) is 11.7. The van der Waals surface area contributed by atoms with Crippen molar-refractivity contribution < 1.29 is 62.2 Å². The largest absolute Gasteiger partial charge is 0.481 e. The van der Waals surface area contributed by atoms with E-state index in [0.717, 1.165) is 5.56 Å². The van der Waals surface area contributed by atoms with Crippen molar-refractivity contribution >= 4 is 54.5 Å². The summed E-state index contributed by atoms with van der Waals surface area (Å²) in [7, 11) is 1.87. The van der Waals surface area contributed by atoms with Crippen LogP contribution >= 0.6 is 7.44 Å². The number of nitrogens with zero attached hydrogens (tertiary/aromatic N) is 5. The van der Waals surface area contributed by atoms with E-state index >= 15 is 0 Å². The lowest BCUT2D eigenvalue weighted by molar-refractivity contribution is -0.150. The van der Waals surface area contributed by atoms with Crippen molar-refractivity contribution in [3.8, 4) is 24.7 Å². The van der Waals surface area contributed by atoms with Gasteiger partial charge in [-0.3, -0.25) is 42.9 Å². The average molecular weight is 1060 g/mol. The molecule has 21 heteroatoms. The summed E-state index contributed by atoms with van der Waals surface area (Å²) in [6.07, 6.45) is 9.77. The van der Waals surface area contributed by atoms with E-state index in [4.69, 9.17) is 38.7 Å². The summed E-state index contributed by atoms with van der Waals surface area (Å²) in [5.74, 6) is 6.52. The number of hydrazine groups is 2. The van der Waals surface area contributed by atoms with E-state index in [0.29, 0.717) is 25.8 Å². The van der Waals surface area contributed by atoms with Gasteiger partial charge in [0.25, 0.3) is 7.44 Å². The van der Waals surface area contributed by atoms with E-state index in [1.54, 1.807) is 49.5 Å². The zero-order chi connectivity index (χ0) is 56.2. The van der Waals surface area contributed by atoms with Crippen LogP contribution in [0.2, 0.25) is 0 Å². The summed E-state index contributed by atoms with van der Waals surface area (Å²) in [6, 6.07) is 7.18. The fraction of sp³-hybridized carbons (Fsp3) is 0.660. The maximum Gasteiger partial charge on any atom is 0.319 e. The van der Waals surface area contributed by atoms with Gasteiger partial charge in [-0.05, 0) is 60.8 Å². The van der Waals surface area contributed by atoms with E-state index in [9.17, 15) is 48.0 Å². The Bertz CT molecular complexity index is 2180. The minimum atomic E-state index is -4.28. The van der Waals surface area contributed by atoms with Crippen LogP contribution in [0.1, 0.15) is 105 Å². The monoisotopic (exact) mass is 1060 g/mol. The van der Waals surface area contributed by atoms with Crippen molar-refractivity contribution in [2.24, 2.45) is 47.2 Å². The number of ketones is 2. The molecule has 2 rings (SSSR count). The first kappa shape index (κ1) is 64.6. The molecule has 5 amide bonds. The number of ether oxygens (including phenoxy) is 3. The Hall–Kier alpha value is -5.47. The SMILES string of the molecule is C#CC(=O)N(N)P(=O)(CCCOCCC(=O)N(C)[C@H](C(=O)C[C@H](C(=O)N(C)[C@@H]([C@@H](C)CC)[C@@H](CC(=O)N1CCC[C@H]1[C@H](OC)[C@@H](C)C(=O)C[C@@H](Cc1ccccc1)C(=O)O)OC)C(C)C)C(C)C)N(N)C(=O)C#C. The third-order valence-electron chi connectivity index (χ3n) is 14.3. The van der Waals surface area contributed by atoms with Gasteiger partial charge in [-0.1, -0.05) is 85.2 Å². The van der Waals surface area contributed by atoms with Gasteiger partial charge in [-0.25, -0.2) is 11.7 Å². The first-order chi connectivity index (χ1) is 34.8. The van der Waals surface area contributed by atoms with Crippen molar-refractivity contribution in [1.82, 2.24) is 24.3 Å². The number of amides is 5. The molecule has 20 nitrogen and oxygen atoms in total. The predicted molar refractivity (Wildman–Crippen MR) is 279 cm³/mol. The van der Waals surface area contributed by atoms with Crippen molar-refractivity contribution in [2.75, 3.05) is 54.2 Å². The van der Waals surface area contributed by atoms with Crippen LogP contribution in [-0.2, 0) is 63.6 Å². The lowest BCUT2D eigenvalue weighted by atomic mass is 9.83. The Morgan fingerprint density at radius 2 is 1.43 bits per heavy atom. The molecule has 1 saturated heterocycles. The second kappa shape index (κ2) is 30.8. The number of aliphatic carboxylic acids is 1. The highest BCUT2D eigenvalue weighted by molar-refractivity contribution is 7.60. The average Bonchev–Trinajstić information content (AvgIpc) is 3.86. The summed E-state index contributed by atoms with van der Waals surface area (Å²) < 4.78 is 31.5. The molecule has 5 N–H and O–H groups in total. The molecule has 0 saturated carbocycles. The predicted octanol–water partition coefficient (Wildman–Crippen LogP) is 4.18. The summed E-state index contributed by atoms with van der Waals surface area (Å²) >= 11 is 0. The lowest BCUT2D eigenvalue weighted by Gasteiger charge is -2.41. The van der Waals surface area contributed by atoms with Crippen molar-refractivity contribution in [3.63, 3.8) is 0 Å². The van der Waals surface area contributed by atoms with E-state index in [-0.39, 0.29) is 102 Å². The second-order valence-electron chi connectivity index (χ2n) is 19.9. The molecule has 0 radical (unpaired) electrons. The van der Waals surface area contributed by atoms with Gasteiger partial charge in [-0.2, -0.15) is 9.56 Å². The minimum absolute atomic E-state index is 0.0320. The molecule has 1 aromatic carbocycles. The number of likely N-dealkylation sites (tertiary alicyclic amines) is 1. The number of benzene rings is 1. The van der Waals surface area contributed by atoms with E-state index in [1.807, 2.05) is 58.0 Å². The summed E-state index contributed by atoms with van der Waals surface area (Å²) in [5, 5.41) is 10.0. The third kappa shape index (κ3) is 17.3. The van der Waals surface area contributed by atoms with Crippen molar-refractivity contribution in [2.45, 2.75) is 137 Å². The molecule has 1 fully saturated rings. The first-order valence-electron chi connectivity index (χ1n) is 25.3. The Morgan fingerprint density at radius 3 is 1.93 bits per heavy atom. The number of terminal acetylenes is 2. The van der Waals surface area contributed by atoms with Crippen molar-refractivity contribution in [3.05, 3.63) is 35.9 Å². The number of nitrogens with two attached hydrogens (primary N) is 2. The zero-order valence-corrected chi connectivity index (χ0v) is 46.2. The van der Waals surface area contributed by atoms with Gasteiger partial charge in [0.2, 0.25) is 17.7 Å². The molecule has 0 bridgehead atoms. The van der Waals surface area contributed by atoms with Gasteiger partial charge < -0.3 is 34.0 Å². The molecule has 1 aromatic rings. The topological polar surface area (TPSA) is 270 Å². The molecule has 412 valence electrons. The zero-order valence-electron chi connectivity index (χ0n) is 45.3. The Morgan fingerprint density at radius 1 is 0.838 bits per heavy atom. The number of likely N-dealkylation sites (N-methyl/N-ethyl adjacent to an activating group) is 2. The molecular weight excluding hydrogens is 974 g/mol. The van der Waals surface area contributed by atoms with Crippen molar-refractivity contribution in [1.29, 1.82) is 0 Å². The number of carboxylic acid groups (broad SMARTS) is 1. The first-order valence-corrected chi connectivity index (χ1v) is 27.1. The Balaban J connectivity index is 2.20. The number of carbonyl (C=O) groups is 8. The maximum absolute atomic E-state index is 14.7. The maximum atomic E-state index is 14.7. The fourth-order valence-electron chi connectivity index (χ4n) is 9.86. The van der Waals surface area contributed by atoms with Gasteiger partial charge in [0, 0.05) is 72.3 Å². The van der Waals surface area contributed by atoms with Crippen LogP contribution in [0, 0.1) is 60.2 Å². The second-order valence-corrected chi connectivity index (χ2v) is 22.5. The van der Waals surface area contributed by atoms with Gasteiger partial charge in [0.15, 0.2) is 5.78 Å².